The van der Waals surface area contributed by atoms with Crippen molar-refractivity contribution in [2.75, 3.05) is 13.7 Å². The molecule has 2 rings (SSSR count). The van der Waals surface area contributed by atoms with E-state index in [1.807, 2.05) is 0 Å². The fourth-order valence-electron chi connectivity index (χ4n) is 2.57. The van der Waals surface area contributed by atoms with E-state index in [1.54, 1.807) is 37.3 Å². The van der Waals surface area contributed by atoms with E-state index < -0.39 is 28.1 Å². The summed E-state index contributed by atoms with van der Waals surface area (Å²) in [5.74, 6) is -2.58. The summed E-state index contributed by atoms with van der Waals surface area (Å²) in [5.41, 5.74) is -1.51. The zero-order valence-electron chi connectivity index (χ0n) is 13.0. The van der Waals surface area contributed by atoms with Crippen molar-refractivity contribution in [3.8, 4) is 0 Å². The second kappa shape index (κ2) is 6.12. The number of nitrogens with zero attached hydrogens (tertiary/aromatic N) is 1. The highest BCUT2D eigenvalue weighted by Gasteiger charge is 2.75. The van der Waals surface area contributed by atoms with E-state index in [9.17, 15) is 14.4 Å². The van der Waals surface area contributed by atoms with Gasteiger partial charge in [-0.3, -0.25) is 9.79 Å². The number of carbonyl (C=O) groups excluding carboxylic acids is 3. The molecule has 2 atom stereocenters. The molecule has 0 aliphatic carbocycles. The van der Waals surface area contributed by atoms with Crippen LogP contribution in [-0.2, 0) is 23.9 Å². The van der Waals surface area contributed by atoms with E-state index in [-0.39, 0.29) is 12.3 Å². The number of alkyl halides is 1. The van der Waals surface area contributed by atoms with Crippen LogP contribution in [0.1, 0.15) is 19.4 Å². The van der Waals surface area contributed by atoms with Gasteiger partial charge in [-0.25, -0.2) is 9.59 Å². The van der Waals surface area contributed by atoms with Gasteiger partial charge in [-0.15, -0.1) is 0 Å². The Labute approximate surface area is 138 Å². The molecule has 0 bridgehead atoms. The number of methoxy groups -OCH3 is 1. The molecular weight excluding hydrogens is 322 g/mol. The molecule has 0 aromatic heterocycles. The number of ketones is 1. The molecule has 1 aliphatic heterocycles. The number of benzene rings is 1. The number of carbonyl (C=O) groups is 3. The minimum absolute atomic E-state index is 0.0260. The fourth-order valence-corrected chi connectivity index (χ4v) is 3.05. The van der Waals surface area contributed by atoms with Gasteiger partial charge in [0.2, 0.25) is 4.87 Å². The summed E-state index contributed by atoms with van der Waals surface area (Å²) in [4.78, 5) is 38.9. The minimum Gasteiger partial charge on any atom is -0.467 e. The third kappa shape index (κ3) is 2.25. The normalized spacial score (nSPS) is 25.8. The first-order valence-electron chi connectivity index (χ1n) is 6.97. The van der Waals surface area contributed by atoms with Gasteiger partial charge >= 0.3 is 11.9 Å². The molecule has 1 aromatic carbocycles. The highest BCUT2D eigenvalue weighted by molar-refractivity contribution is 6.57. The van der Waals surface area contributed by atoms with Crippen LogP contribution < -0.4 is 0 Å². The lowest BCUT2D eigenvalue weighted by Crippen LogP contribution is -2.74. The first kappa shape index (κ1) is 17.1. The second-order valence-corrected chi connectivity index (χ2v) is 5.53. The Bertz CT molecular complexity index is 687. The molecule has 0 saturated heterocycles. The molecule has 122 valence electrons. The van der Waals surface area contributed by atoms with Crippen LogP contribution in [0.25, 0.3) is 0 Å². The van der Waals surface area contributed by atoms with Crippen molar-refractivity contribution < 1.29 is 23.9 Å². The van der Waals surface area contributed by atoms with Gasteiger partial charge in [-0.05, 0) is 19.4 Å². The van der Waals surface area contributed by atoms with Gasteiger partial charge in [0.1, 0.15) is 0 Å². The van der Waals surface area contributed by atoms with Crippen LogP contribution in [0.15, 0.2) is 35.3 Å². The van der Waals surface area contributed by atoms with Crippen LogP contribution in [0.2, 0.25) is 0 Å². The minimum atomic E-state index is -2.14. The molecule has 0 amide bonds. The predicted octanol–water partition coefficient (Wildman–Crippen LogP) is 1.53. The van der Waals surface area contributed by atoms with Gasteiger partial charge in [-0.1, -0.05) is 41.9 Å². The third-order valence-corrected chi connectivity index (χ3v) is 4.31. The van der Waals surface area contributed by atoms with E-state index in [0.717, 1.165) is 14.0 Å². The lowest BCUT2D eigenvalue weighted by atomic mass is 9.69. The maximum Gasteiger partial charge on any atom is 0.344 e. The molecule has 1 aliphatic rings. The Balaban J connectivity index is 2.67. The third-order valence-electron chi connectivity index (χ3n) is 3.70. The van der Waals surface area contributed by atoms with Crippen molar-refractivity contribution in [1.29, 1.82) is 0 Å². The van der Waals surface area contributed by atoms with Gasteiger partial charge in [0.05, 0.1) is 19.4 Å². The number of rotatable bonds is 5. The molecule has 23 heavy (non-hydrogen) atoms. The molecule has 7 heteroatoms. The van der Waals surface area contributed by atoms with Crippen molar-refractivity contribution in [1.82, 2.24) is 0 Å². The Morgan fingerprint density at radius 3 is 2.26 bits per heavy atom. The number of halogens is 1. The predicted molar refractivity (Wildman–Crippen MR) is 83.6 cm³/mol. The quantitative estimate of drug-likeness (QED) is 0.462. The Kier molecular flexibility index (Phi) is 4.56. The fraction of sp³-hybridized carbons (Fsp3) is 0.375. The second-order valence-electron chi connectivity index (χ2n) is 4.96. The van der Waals surface area contributed by atoms with E-state index >= 15 is 0 Å². The van der Waals surface area contributed by atoms with Gasteiger partial charge in [0.25, 0.3) is 5.54 Å². The highest BCUT2D eigenvalue weighted by atomic mass is 35.5. The molecule has 1 aromatic rings. The topological polar surface area (TPSA) is 82.0 Å². The number of esters is 2. The van der Waals surface area contributed by atoms with Crippen LogP contribution in [0.4, 0.5) is 0 Å². The molecule has 1 heterocycles. The number of ether oxygens (including phenoxy) is 2. The first-order chi connectivity index (χ1) is 10.9. The summed E-state index contributed by atoms with van der Waals surface area (Å²) < 4.78 is 9.66. The van der Waals surface area contributed by atoms with Gasteiger partial charge in [0, 0.05) is 0 Å². The average Bonchev–Trinajstić information content (AvgIpc) is 2.53. The lowest BCUT2D eigenvalue weighted by molar-refractivity contribution is -0.161. The first-order valence-corrected chi connectivity index (χ1v) is 7.35. The summed E-state index contributed by atoms with van der Waals surface area (Å²) in [6.45, 7) is 2.75. The monoisotopic (exact) mass is 337 g/mol. The zero-order chi connectivity index (χ0) is 17.3. The van der Waals surface area contributed by atoms with Gasteiger partial charge in [0.15, 0.2) is 5.78 Å². The number of hydrogen-bond donors (Lipinski definition) is 0. The standard InChI is InChI=1S/C16H16ClNO5/c1-4-23-14(21)16(10(2)19)15(17,13(20)22-3)12(18-16)11-8-6-5-7-9-11/h5-9H,4H2,1-3H3/t15-,16-/m1/s1. The largest absolute Gasteiger partial charge is 0.467 e. The smallest absolute Gasteiger partial charge is 0.344 e. The summed E-state index contributed by atoms with van der Waals surface area (Å²) >= 11 is 6.48. The molecule has 0 spiro atoms. The Morgan fingerprint density at radius 1 is 1.17 bits per heavy atom. The molecule has 0 N–H and O–H groups in total. The summed E-state index contributed by atoms with van der Waals surface area (Å²) in [7, 11) is 1.13. The average molecular weight is 338 g/mol. The molecule has 0 unspecified atom stereocenters. The van der Waals surface area contributed by atoms with Crippen molar-refractivity contribution >= 4 is 35.0 Å². The van der Waals surface area contributed by atoms with E-state index in [2.05, 4.69) is 4.99 Å². The zero-order valence-corrected chi connectivity index (χ0v) is 13.7. The Hall–Kier alpha value is -2.21. The number of aliphatic imine (C=N–C) groups is 1. The maximum absolute atomic E-state index is 12.4. The van der Waals surface area contributed by atoms with Gasteiger partial charge < -0.3 is 9.47 Å². The highest BCUT2D eigenvalue weighted by Crippen LogP contribution is 2.47. The van der Waals surface area contributed by atoms with Crippen LogP contribution in [0, 0.1) is 0 Å². The number of hydrogen-bond acceptors (Lipinski definition) is 6. The lowest BCUT2D eigenvalue weighted by Gasteiger charge is -2.46. The molecule has 6 nitrogen and oxygen atoms in total. The van der Waals surface area contributed by atoms with E-state index in [4.69, 9.17) is 21.1 Å². The van der Waals surface area contributed by atoms with E-state index in [0.29, 0.717) is 5.56 Å². The van der Waals surface area contributed by atoms with Crippen LogP contribution in [0.3, 0.4) is 0 Å². The molecule has 0 radical (unpaired) electrons. The summed E-state index contributed by atoms with van der Waals surface area (Å²) in [6.07, 6.45) is 0. The van der Waals surface area contributed by atoms with Crippen molar-refractivity contribution in [3.63, 3.8) is 0 Å². The molecule has 0 fully saturated rings. The Morgan fingerprint density at radius 2 is 1.78 bits per heavy atom. The molecular formula is C16H16ClNO5. The summed E-state index contributed by atoms with van der Waals surface area (Å²) in [6, 6.07) is 8.58. The maximum atomic E-state index is 12.4. The summed E-state index contributed by atoms with van der Waals surface area (Å²) in [5, 5.41) is 0. The number of Topliss-reactive ketones (excluding diaryl/α,β-unsaturated/α-hetero) is 1. The van der Waals surface area contributed by atoms with Gasteiger partial charge in [-0.2, -0.15) is 0 Å². The van der Waals surface area contributed by atoms with Crippen molar-refractivity contribution in [3.05, 3.63) is 35.9 Å². The van der Waals surface area contributed by atoms with Crippen molar-refractivity contribution in [2.45, 2.75) is 24.3 Å². The van der Waals surface area contributed by atoms with Crippen LogP contribution >= 0.6 is 11.6 Å². The SMILES string of the molecule is CCOC(=O)[C@@]1(C(C)=O)N=C(c2ccccc2)[C@@]1(Cl)C(=O)OC. The van der Waals surface area contributed by atoms with Crippen molar-refractivity contribution in [2.24, 2.45) is 4.99 Å². The van der Waals surface area contributed by atoms with Crippen LogP contribution in [-0.4, -0.2) is 47.6 Å². The molecule has 0 saturated carbocycles. The van der Waals surface area contributed by atoms with Crippen LogP contribution in [0.5, 0.6) is 0 Å². The van der Waals surface area contributed by atoms with E-state index in [1.165, 1.54) is 0 Å².